The number of aromatic nitrogens is 1. The summed E-state index contributed by atoms with van der Waals surface area (Å²) in [7, 11) is 0. The molecule has 0 bridgehead atoms. The van der Waals surface area contributed by atoms with Crippen LogP contribution in [0.4, 0.5) is 0 Å². The molecule has 0 unspecified atom stereocenters. The van der Waals surface area contributed by atoms with E-state index in [1.54, 1.807) is 20.0 Å². The Bertz CT molecular complexity index is 2000. The molecule has 8 atom stereocenters. The first kappa shape index (κ1) is 54.2. The van der Waals surface area contributed by atoms with E-state index in [1.807, 2.05) is 29.6 Å². The van der Waals surface area contributed by atoms with Gasteiger partial charge in [-0.3, -0.25) is 43.2 Å². The number of carbonyl (C=O) groups is 10. The minimum atomic E-state index is -1.93. The van der Waals surface area contributed by atoms with Crippen LogP contribution in [0.1, 0.15) is 45.1 Å². The standard InChI is InChI=1S/C38H56N10O14S2/c1-17(2)9-23(43-37(60)27(15-63)47-31(54)20(39)10-18-12-41-21-6-4-3-5-19(18)21)33(56)44-24(11-30(52)53)34(57)45-26(14-50)36(59)46-25(13-49)35(58)42-22(7-8-29(40)51)32(55)48-28(16-64)38(61)62/h3-6,12,17,20,22-28,41,49-50,63-64H,7-11,13-16,39H2,1-2H3,(H2,40,51)(H,42,58)(H,43,60)(H,44,56)(H,45,57)(H,46,59)(H,47,54)(H,48,55)(H,52,53)(H,61,62)/t20-,22-,23-,24-,25-,26-,27-,28-/m0/s1. The van der Waals surface area contributed by atoms with Gasteiger partial charge < -0.3 is 74.1 Å². The Balaban J connectivity index is 2.16. The fraction of sp³-hybridized carbons (Fsp3) is 0.526. The van der Waals surface area contributed by atoms with Crippen molar-refractivity contribution >= 4 is 95.4 Å². The number of rotatable bonds is 28. The molecule has 0 aliphatic carbocycles. The van der Waals surface area contributed by atoms with Crippen LogP contribution in [-0.4, -0.2) is 158 Å². The van der Waals surface area contributed by atoms with Crippen molar-refractivity contribution in [2.75, 3.05) is 24.7 Å². The molecule has 24 nitrogen and oxygen atoms in total. The second-order valence-electron chi connectivity index (χ2n) is 14.9. The zero-order valence-electron chi connectivity index (χ0n) is 34.9. The molecule has 2 rings (SSSR count). The first-order chi connectivity index (χ1) is 30.1. The molecule has 1 aromatic carbocycles. The molecule has 26 heteroatoms. The molecular formula is C38H56N10O14S2. The smallest absolute Gasteiger partial charge is 0.327 e. The van der Waals surface area contributed by atoms with E-state index in [4.69, 9.17) is 11.5 Å². The number of aromatic amines is 1. The first-order valence-electron chi connectivity index (χ1n) is 19.7. The molecule has 0 fully saturated rings. The number of carboxylic acid groups (broad SMARTS) is 2. The van der Waals surface area contributed by atoms with Crippen molar-refractivity contribution < 1.29 is 68.4 Å². The summed E-state index contributed by atoms with van der Waals surface area (Å²) in [5.74, 6) is -12.3. The quantitative estimate of drug-likeness (QED) is 0.0356. The molecule has 0 aliphatic rings. The van der Waals surface area contributed by atoms with Gasteiger partial charge in [-0.1, -0.05) is 32.0 Å². The number of carboxylic acids is 2. The van der Waals surface area contributed by atoms with Gasteiger partial charge in [-0.05, 0) is 36.8 Å². The van der Waals surface area contributed by atoms with Gasteiger partial charge in [-0.25, -0.2) is 4.79 Å². The summed E-state index contributed by atoms with van der Waals surface area (Å²) in [6.07, 6.45) is -0.156. The largest absolute Gasteiger partial charge is 0.481 e. The topological polar surface area (TPSA) is 404 Å². The molecular weight excluding hydrogens is 885 g/mol. The number of thiol groups is 2. The second-order valence-corrected chi connectivity index (χ2v) is 15.6. The summed E-state index contributed by atoms with van der Waals surface area (Å²) in [5.41, 5.74) is 12.9. The fourth-order valence-corrected chi connectivity index (χ4v) is 6.46. The third kappa shape index (κ3) is 17.3. The number of hydrogen-bond donors (Lipinski definition) is 16. The molecule has 64 heavy (non-hydrogen) atoms. The normalized spacial score (nSPS) is 14.9. The summed E-state index contributed by atoms with van der Waals surface area (Å²) in [6, 6.07) is -5.25. The number of aliphatic carboxylic acids is 2. The Hall–Kier alpha value is -5.96. The number of nitrogens with two attached hydrogens (primary N) is 2. The van der Waals surface area contributed by atoms with Crippen molar-refractivity contribution in [3.05, 3.63) is 36.0 Å². The van der Waals surface area contributed by atoms with Crippen LogP contribution in [0.5, 0.6) is 0 Å². The van der Waals surface area contributed by atoms with Crippen LogP contribution in [-0.2, 0) is 54.4 Å². The van der Waals surface area contributed by atoms with Crippen LogP contribution >= 0.6 is 25.3 Å². The number of aliphatic hydroxyl groups is 2. The maximum Gasteiger partial charge on any atom is 0.327 e. The van der Waals surface area contributed by atoms with Gasteiger partial charge in [0.2, 0.25) is 47.3 Å². The number of amides is 8. The van der Waals surface area contributed by atoms with Crippen LogP contribution in [0.2, 0.25) is 0 Å². The minimum Gasteiger partial charge on any atom is -0.481 e. The van der Waals surface area contributed by atoms with E-state index in [2.05, 4.69) is 62.1 Å². The number of benzene rings is 1. The Morgan fingerprint density at radius 3 is 1.61 bits per heavy atom. The van der Waals surface area contributed by atoms with E-state index in [0.29, 0.717) is 0 Å². The van der Waals surface area contributed by atoms with Crippen LogP contribution in [0.25, 0.3) is 10.9 Å². The van der Waals surface area contributed by atoms with Crippen LogP contribution in [0.3, 0.4) is 0 Å². The number of nitrogens with one attached hydrogen (secondary N) is 8. The molecule has 0 spiro atoms. The highest BCUT2D eigenvalue weighted by Crippen LogP contribution is 2.19. The number of fused-ring (bicyclic) bond motifs is 1. The maximum absolute atomic E-state index is 13.6. The Kier molecular flexibility index (Phi) is 22.5. The molecule has 0 aliphatic heterocycles. The Morgan fingerprint density at radius 2 is 1.09 bits per heavy atom. The summed E-state index contributed by atoms with van der Waals surface area (Å²) in [5, 5.41) is 55.1. The molecule has 0 saturated heterocycles. The number of primary amides is 1. The highest BCUT2D eigenvalue weighted by molar-refractivity contribution is 7.80. The summed E-state index contributed by atoms with van der Waals surface area (Å²) < 4.78 is 0. The van der Waals surface area contributed by atoms with E-state index in [0.717, 1.165) is 16.5 Å². The highest BCUT2D eigenvalue weighted by atomic mass is 32.1. The second kappa shape index (κ2) is 26.6. The molecule has 1 aromatic heterocycles. The van der Waals surface area contributed by atoms with Crippen LogP contribution < -0.4 is 48.7 Å². The van der Waals surface area contributed by atoms with Gasteiger partial charge in [-0.2, -0.15) is 25.3 Å². The number of hydrogen-bond acceptors (Lipinski definition) is 15. The summed E-state index contributed by atoms with van der Waals surface area (Å²) in [4.78, 5) is 130. The minimum absolute atomic E-state index is 0.0427. The van der Waals surface area contributed by atoms with Gasteiger partial charge >= 0.3 is 11.9 Å². The first-order valence-corrected chi connectivity index (χ1v) is 21.0. The monoisotopic (exact) mass is 940 g/mol. The van der Waals surface area contributed by atoms with Crippen LogP contribution in [0, 0.1) is 5.92 Å². The highest BCUT2D eigenvalue weighted by Gasteiger charge is 2.35. The molecule has 1 heterocycles. The molecule has 354 valence electrons. The van der Waals surface area contributed by atoms with E-state index in [-0.39, 0.29) is 30.3 Å². The van der Waals surface area contributed by atoms with Crippen molar-refractivity contribution in [2.24, 2.45) is 17.4 Å². The van der Waals surface area contributed by atoms with Crippen molar-refractivity contribution in [1.82, 2.24) is 42.2 Å². The lowest BCUT2D eigenvalue weighted by atomic mass is 10.0. The van der Waals surface area contributed by atoms with Crippen LogP contribution in [0.15, 0.2) is 30.5 Å². The van der Waals surface area contributed by atoms with Crippen molar-refractivity contribution in [3.63, 3.8) is 0 Å². The average molecular weight is 941 g/mol. The maximum atomic E-state index is 13.6. The molecule has 2 aromatic rings. The predicted octanol–water partition coefficient (Wildman–Crippen LogP) is -4.85. The van der Waals surface area contributed by atoms with E-state index >= 15 is 0 Å². The Morgan fingerprint density at radius 1 is 0.641 bits per heavy atom. The van der Waals surface area contributed by atoms with Crippen molar-refractivity contribution in [2.45, 2.75) is 94.3 Å². The van der Waals surface area contributed by atoms with Gasteiger partial charge in [-0.15, -0.1) is 0 Å². The fourth-order valence-electron chi connectivity index (χ4n) is 5.95. The van der Waals surface area contributed by atoms with Gasteiger partial charge in [0.05, 0.1) is 25.7 Å². The van der Waals surface area contributed by atoms with Gasteiger partial charge in [0.25, 0.3) is 0 Å². The number of aliphatic hydroxyl groups excluding tert-OH is 2. The SMILES string of the molecule is CC(C)C[C@H](NC(=O)[C@H](CS)NC(=O)[C@@H](N)Cc1c[nH]c2ccccc12)C(=O)N[C@@H](CC(=O)O)C(=O)N[C@@H](CO)C(=O)N[C@@H](CO)C(=O)N[C@@H](CCC(N)=O)C(=O)N[C@@H](CS)C(=O)O. The summed E-state index contributed by atoms with van der Waals surface area (Å²) in [6.45, 7) is 1.12. The number of para-hydroxylation sites is 1. The van der Waals surface area contributed by atoms with Crippen molar-refractivity contribution in [1.29, 1.82) is 0 Å². The predicted molar refractivity (Wildman–Crippen MR) is 233 cm³/mol. The van der Waals surface area contributed by atoms with E-state index in [1.165, 1.54) is 0 Å². The summed E-state index contributed by atoms with van der Waals surface area (Å²) >= 11 is 8.01. The molecule has 16 N–H and O–H groups in total. The number of H-pyrrole nitrogens is 1. The lowest BCUT2D eigenvalue weighted by Crippen LogP contribution is -2.61. The lowest BCUT2D eigenvalue weighted by molar-refractivity contribution is -0.142. The number of carbonyl (C=O) groups excluding carboxylic acids is 8. The van der Waals surface area contributed by atoms with E-state index < -0.39 is 140 Å². The molecule has 8 amide bonds. The third-order valence-corrected chi connectivity index (χ3v) is 10.1. The zero-order chi connectivity index (χ0) is 48.3. The third-order valence-electron chi connectivity index (χ3n) is 9.36. The lowest BCUT2D eigenvalue weighted by Gasteiger charge is -2.27. The van der Waals surface area contributed by atoms with Gasteiger partial charge in [0.1, 0.15) is 42.3 Å². The average Bonchev–Trinajstić information content (AvgIpc) is 3.64. The van der Waals surface area contributed by atoms with Gasteiger partial charge in [0.15, 0.2) is 0 Å². The molecule has 0 radical (unpaired) electrons. The van der Waals surface area contributed by atoms with Gasteiger partial charge in [0, 0.05) is 35.0 Å². The van der Waals surface area contributed by atoms with E-state index in [9.17, 15) is 68.4 Å². The Labute approximate surface area is 377 Å². The van der Waals surface area contributed by atoms with Crippen molar-refractivity contribution in [3.8, 4) is 0 Å². The molecule has 0 saturated carbocycles. The zero-order valence-corrected chi connectivity index (χ0v) is 36.7.